The van der Waals surface area contributed by atoms with Crippen molar-refractivity contribution in [2.45, 2.75) is 32.3 Å². The summed E-state index contributed by atoms with van der Waals surface area (Å²) in [4.78, 5) is 25.0. The van der Waals surface area contributed by atoms with Crippen LogP contribution in [0.3, 0.4) is 0 Å². The molecule has 0 aliphatic carbocycles. The summed E-state index contributed by atoms with van der Waals surface area (Å²) in [5, 5.41) is 20.4. The lowest BCUT2D eigenvalue weighted by atomic mass is 9.80. The highest BCUT2D eigenvalue weighted by atomic mass is 16.5. The van der Waals surface area contributed by atoms with Crippen LogP contribution in [0.15, 0.2) is 26.1 Å². The molecule has 0 fully saturated rings. The molecule has 0 saturated carbocycles. The lowest BCUT2D eigenvalue weighted by Gasteiger charge is -2.21. The van der Waals surface area contributed by atoms with Gasteiger partial charge in [-0.1, -0.05) is 13.8 Å². The van der Waals surface area contributed by atoms with Crippen LogP contribution in [0, 0.1) is 0 Å². The van der Waals surface area contributed by atoms with Crippen molar-refractivity contribution in [3.8, 4) is 17.6 Å². The molecule has 118 valence electrons. The molecule has 0 saturated heterocycles. The van der Waals surface area contributed by atoms with E-state index in [1.165, 1.54) is 6.07 Å². The van der Waals surface area contributed by atoms with Crippen LogP contribution < -0.4 is 15.6 Å². The highest BCUT2D eigenvalue weighted by molar-refractivity contribution is 6.15. The summed E-state index contributed by atoms with van der Waals surface area (Å²) in [7, 11) is 0. The molecule has 0 unspecified atom stereocenters. The van der Waals surface area contributed by atoms with Crippen LogP contribution in [0.4, 0.5) is 0 Å². The maximum Gasteiger partial charge on any atom is 0.296 e. The van der Waals surface area contributed by atoms with Gasteiger partial charge in [-0.3, -0.25) is 9.59 Å². The van der Waals surface area contributed by atoms with Crippen molar-refractivity contribution >= 4 is 21.5 Å². The molecule has 3 aromatic rings. The SMILES string of the molecule is C[C@@H]1Oc2c(c(=O)c3c(O)oc(O)c4c(=O)ccc2c43)C1(C)C. The second-order valence-electron chi connectivity index (χ2n) is 6.46. The van der Waals surface area contributed by atoms with E-state index in [4.69, 9.17) is 9.15 Å². The predicted molar refractivity (Wildman–Crippen MR) is 83.9 cm³/mol. The Morgan fingerprint density at radius 3 is 2.39 bits per heavy atom. The van der Waals surface area contributed by atoms with Gasteiger partial charge in [0, 0.05) is 16.2 Å². The summed E-state index contributed by atoms with van der Waals surface area (Å²) < 4.78 is 10.7. The third-order valence-electron chi connectivity index (χ3n) is 4.92. The molecule has 4 rings (SSSR count). The molecular formula is C17H14O6. The summed E-state index contributed by atoms with van der Waals surface area (Å²) in [6.07, 6.45) is -0.250. The fourth-order valence-corrected chi connectivity index (χ4v) is 3.35. The normalized spacial score (nSPS) is 19.2. The minimum Gasteiger partial charge on any atom is -0.489 e. The van der Waals surface area contributed by atoms with E-state index < -0.39 is 28.2 Å². The molecule has 6 nitrogen and oxygen atoms in total. The predicted octanol–water partition coefficient (Wildman–Crippen LogP) is 2.21. The molecule has 1 aliphatic rings. The number of benzene rings is 2. The van der Waals surface area contributed by atoms with Gasteiger partial charge >= 0.3 is 0 Å². The molecule has 0 bridgehead atoms. The molecule has 2 aromatic carbocycles. The van der Waals surface area contributed by atoms with Crippen molar-refractivity contribution in [1.29, 1.82) is 0 Å². The molecule has 23 heavy (non-hydrogen) atoms. The highest BCUT2D eigenvalue weighted by Crippen LogP contribution is 2.48. The van der Waals surface area contributed by atoms with Crippen molar-refractivity contribution in [1.82, 2.24) is 0 Å². The van der Waals surface area contributed by atoms with Crippen molar-refractivity contribution in [3.05, 3.63) is 38.1 Å². The van der Waals surface area contributed by atoms with Crippen molar-refractivity contribution in [2.24, 2.45) is 0 Å². The maximum atomic E-state index is 12.9. The first-order valence-electron chi connectivity index (χ1n) is 7.23. The van der Waals surface area contributed by atoms with Crippen LogP contribution in [0.25, 0.3) is 21.5 Å². The van der Waals surface area contributed by atoms with Gasteiger partial charge in [0.25, 0.3) is 11.9 Å². The monoisotopic (exact) mass is 314 g/mol. The number of hydrogen-bond donors (Lipinski definition) is 2. The molecule has 2 heterocycles. The van der Waals surface area contributed by atoms with Crippen molar-refractivity contribution < 1.29 is 19.4 Å². The second-order valence-corrected chi connectivity index (χ2v) is 6.46. The number of aromatic hydroxyl groups is 2. The summed E-state index contributed by atoms with van der Waals surface area (Å²) in [6, 6.07) is 2.83. The maximum absolute atomic E-state index is 12.9. The number of ether oxygens (including phenoxy) is 1. The van der Waals surface area contributed by atoms with E-state index in [9.17, 15) is 19.8 Å². The third-order valence-corrected chi connectivity index (χ3v) is 4.92. The second kappa shape index (κ2) is 3.95. The zero-order chi connectivity index (χ0) is 16.7. The standard InChI is InChI=1S/C17H14O6/c1-6-17(2,3)12-13(19)11-9-7(14(12)22-6)4-5-8(18)10(9)15(20)23-16(11)21/h4-6,20-21H,1-3H3/t6-/m0/s1. The smallest absolute Gasteiger partial charge is 0.296 e. The summed E-state index contributed by atoms with van der Waals surface area (Å²) in [6.45, 7) is 5.63. The van der Waals surface area contributed by atoms with Gasteiger partial charge in [0.15, 0.2) is 5.43 Å². The van der Waals surface area contributed by atoms with Gasteiger partial charge in [-0.25, -0.2) is 0 Å². The Balaban J connectivity index is 2.40. The average Bonchev–Trinajstić information content (AvgIpc) is 2.68. The lowest BCUT2D eigenvalue weighted by molar-refractivity contribution is 0.187. The van der Waals surface area contributed by atoms with Gasteiger partial charge < -0.3 is 19.4 Å². The van der Waals surface area contributed by atoms with E-state index in [0.29, 0.717) is 16.7 Å². The Kier molecular flexibility index (Phi) is 2.38. The van der Waals surface area contributed by atoms with E-state index in [1.807, 2.05) is 20.8 Å². The molecule has 1 atom stereocenters. The molecule has 0 radical (unpaired) electrons. The highest BCUT2D eigenvalue weighted by Gasteiger charge is 2.43. The fourth-order valence-electron chi connectivity index (χ4n) is 3.35. The van der Waals surface area contributed by atoms with Crippen LogP contribution in [-0.4, -0.2) is 16.3 Å². The van der Waals surface area contributed by atoms with Crippen LogP contribution >= 0.6 is 0 Å². The molecule has 2 N–H and O–H groups in total. The van der Waals surface area contributed by atoms with E-state index >= 15 is 0 Å². The topological polar surface area (TPSA) is 97.0 Å². The van der Waals surface area contributed by atoms with Crippen LogP contribution in [0.2, 0.25) is 0 Å². The van der Waals surface area contributed by atoms with Gasteiger partial charge in [0.2, 0.25) is 5.43 Å². The van der Waals surface area contributed by atoms with Crippen LogP contribution in [0.1, 0.15) is 26.3 Å². The first-order chi connectivity index (χ1) is 10.7. The Morgan fingerprint density at radius 1 is 1.04 bits per heavy atom. The first-order valence-corrected chi connectivity index (χ1v) is 7.23. The number of hydrogen-bond acceptors (Lipinski definition) is 6. The molecule has 0 spiro atoms. The van der Waals surface area contributed by atoms with E-state index in [1.54, 1.807) is 6.07 Å². The van der Waals surface area contributed by atoms with Gasteiger partial charge in [-0.05, 0) is 19.1 Å². The minimum atomic E-state index is -0.713. The molecule has 1 aliphatic heterocycles. The largest absolute Gasteiger partial charge is 0.489 e. The van der Waals surface area contributed by atoms with Crippen molar-refractivity contribution in [3.63, 3.8) is 0 Å². The van der Waals surface area contributed by atoms with Crippen LogP contribution in [0.5, 0.6) is 17.6 Å². The fraction of sp³-hybridized carbons (Fsp3) is 0.294. The Labute approximate surface area is 129 Å². The number of rotatable bonds is 0. The zero-order valence-corrected chi connectivity index (χ0v) is 12.8. The van der Waals surface area contributed by atoms with E-state index in [2.05, 4.69) is 0 Å². The summed E-state index contributed by atoms with van der Waals surface area (Å²) in [5.74, 6) is -1.01. The number of fused-ring (bicyclic) bond motifs is 2. The quantitative estimate of drug-likeness (QED) is 0.660. The molecule has 0 amide bonds. The Morgan fingerprint density at radius 2 is 1.70 bits per heavy atom. The van der Waals surface area contributed by atoms with Crippen LogP contribution in [-0.2, 0) is 5.41 Å². The average molecular weight is 314 g/mol. The summed E-state index contributed by atoms with van der Waals surface area (Å²) >= 11 is 0. The van der Waals surface area contributed by atoms with Crippen molar-refractivity contribution in [2.75, 3.05) is 0 Å². The molecule has 6 heteroatoms. The van der Waals surface area contributed by atoms with E-state index in [0.717, 1.165) is 0 Å². The molecule has 1 aromatic heterocycles. The lowest BCUT2D eigenvalue weighted by Crippen LogP contribution is -2.32. The first kappa shape index (κ1) is 13.9. The molecular weight excluding hydrogens is 300 g/mol. The Hall–Kier alpha value is -2.76. The Bertz CT molecular complexity index is 1090. The minimum absolute atomic E-state index is 0.102. The van der Waals surface area contributed by atoms with Gasteiger partial charge in [-0.15, -0.1) is 0 Å². The van der Waals surface area contributed by atoms with Gasteiger partial charge in [0.1, 0.15) is 22.6 Å². The van der Waals surface area contributed by atoms with Gasteiger partial charge in [-0.2, -0.15) is 0 Å². The summed E-state index contributed by atoms with van der Waals surface area (Å²) in [5.41, 5.74) is -1.06. The third kappa shape index (κ3) is 1.48. The van der Waals surface area contributed by atoms with E-state index in [-0.39, 0.29) is 22.3 Å². The zero-order valence-electron chi connectivity index (χ0n) is 12.8. The van der Waals surface area contributed by atoms with Gasteiger partial charge in [0.05, 0.1) is 5.56 Å².